The molecule has 2 N–H and O–H groups in total. The van der Waals surface area contributed by atoms with Gasteiger partial charge in [0.15, 0.2) is 11.6 Å². The molecule has 4 aromatic rings. The predicted octanol–water partition coefficient (Wildman–Crippen LogP) is 6.04. The van der Waals surface area contributed by atoms with Gasteiger partial charge in [0.2, 0.25) is 0 Å². The lowest BCUT2D eigenvalue weighted by molar-refractivity contribution is -0.132. The van der Waals surface area contributed by atoms with E-state index in [4.69, 9.17) is 10.2 Å². The molecule has 0 heterocycles. The molecule has 4 rings (SSSR count). The van der Waals surface area contributed by atoms with Crippen LogP contribution >= 0.6 is 0 Å². The third-order valence-corrected chi connectivity index (χ3v) is 6.56. The molecule has 0 aliphatic carbocycles. The van der Waals surface area contributed by atoms with E-state index in [1.54, 1.807) is 0 Å². The molecule has 0 aromatic heterocycles. The maximum absolute atomic E-state index is 12.1. The Morgan fingerprint density at radius 2 is 0.854 bits per heavy atom. The first-order chi connectivity index (χ1) is 19.8. The molecular weight excluding hydrogens is 516 g/mol. The molecule has 0 unspecified atom stereocenters. The fourth-order valence-electron chi connectivity index (χ4n) is 4.58. The number of carbonyl (C=O) groups is 4. The molecule has 0 radical (unpaired) electrons. The maximum Gasteiger partial charge on any atom is 0.328 e. The van der Waals surface area contributed by atoms with Crippen LogP contribution in [0.3, 0.4) is 0 Å². The van der Waals surface area contributed by atoms with Crippen LogP contribution in [0.2, 0.25) is 0 Å². The average Bonchev–Trinajstić information content (AvgIpc) is 2.98. The van der Waals surface area contributed by atoms with Crippen LogP contribution in [0.4, 0.5) is 0 Å². The van der Waals surface area contributed by atoms with Crippen molar-refractivity contribution in [3.05, 3.63) is 155 Å². The first-order valence-corrected chi connectivity index (χ1v) is 13.0. The largest absolute Gasteiger partial charge is 0.478 e. The normalized spacial score (nSPS) is 11.2. The van der Waals surface area contributed by atoms with E-state index < -0.39 is 11.9 Å². The number of aliphatic carboxylic acids is 2. The van der Waals surface area contributed by atoms with Gasteiger partial charge in [-0.25, -0.2) is 9.59 Å². The highest BCUT2D eigenvalue weighted by molar-refractivity contribution is 5.97. The summed E-state index contributed by atoms with van der Waals surface area (Å²) in [5, 5.41) is 17.5. The summed E-state index contributed by atoms with van der Waals surface area (Å²) in [5.74, 6) is -3.05. The van der Waals surface area contributed by atoms with Crippen molar-refractivity contribution >= 4 is 23.5 Å². The van der Waals surface area contributed by atoms with Crippen LogP contribution in [-0.2, 0) is 32.0 Å². The lowest BCUT2D eigenvalue weighted by atomic mass is 9.83. The van der Waals surface area contributed by atoms with Crippen LogP contribution < -0.4 is 0 Å². The lowest BCUT2D eigenvalue weighted by Crippen LogP contribution is -2.06. The second-order valence-corrected chi connectivity index (χ2v) is 9.53. The fraction of sp³-hybridized carbons (Fsp3) is 0.0857. The van der Waals surface area contributed by atoms with E-state index in [9.17, 15) is 19.2 Å². The minimum atomic E-state index is -1.16. The third-order valence-electron chi connectivity index (χ3n) is 6.56. The summed E-state index contributed by atoms with van der Waals surface area (Å²) in [6, 6.07) is 33.8. The molecule has 0 fully saturated rings. The van der Waals surface area contributed by atoms with E-state index in [1.807, 2.05) is 66.7 Å². The Morgan fingerprint density at radius 3 is 1.24 bits per heavy atom. The van der Waals surface area contributed by atoms with Crippen LogP contribution in [0.5, 0.6) is 0 Å². The Balaban J connectivity index is 1.63. The van der Waals surface area contributed by atoms with Gasteiger partial charge in [-0.1, -0.05) is 103 Å². The van der Waals surface area contributed by atoms with Gasteiger partial charge < -0.3 is 10.2 Å². The molecule has 0 spiro atoms. The van der Waals surface area contributed by atoms with Crippen molar-refractivity contribution in [2.24, 2.45) is 0 Å². The number of hydrogen-bond acceptors (Lipinski definition) is 4. The van der Waals surface area contributed by atoms with Gasteiger partial charge in [-0.05, 0) is 51.1 Å². The monoisotopic (exact) mass is 544 g/mol. The second kappa shape index (κ2) is 13.6. The summed E-state index contributed by atoms with van der Waals surface area (Å²) in [5.41, 5.74) is 6.83. The Morgan fingerprint density at radius 1 is 0.488 bits per heavy atom. The van der Waals surface area contributed by atoms with Crippen molar-refractivity contribution in [3.63, 3.8) is 0 Å². The van der Waals surface area contributed by atoms with E-state index in [1.165, 1.54) is 0 Å². The topological polar surface area (TPSA) is 109 Å². The van der Waals surface area contributed by atoms with Crippen molar-refractivity contribution in [1.82, 2.24) is 0 Å². The minimum Gasteiger partial charge on any atom is -0.478 e. The Kier molecular flexibility index (Phi) is 9.52. The molecule has 204 valence electrons. The summed E-state index contributed by atoms with van der Waals surface area (Å²) in [7, 11) is 0. The van der Waals surface area contributed by atoms with E-state index in [-0.39, 0.29) is 30.3 Å². The molecule has 4 aromatic carbocycles. The number of hydrogen-bond donors (Lipinski definition) is 2. The standard InChI is InChI=1S/C35H28O6/c36-31(18-20-33(38)39)22-24-6-10-28(11-7-24)35(30-16-14-27(15-17-30)26-4-2-1-3-5-26)29-12-8-25(9-13-29)23-32(37)19-21-34(40)41/h1-21,35H,22-23H2,(H,38,39)(H,40,41)/b20-18+,21-19+. The first kappa shape index (κ1) is 28.6. The van der Waals surface area contributed by atoms with Gasteiger partial charge >= 0.3 is 11.9 Å². The van der Waals surface area contributed by atoms with Crippen LogP contribution in [0.15, 0.2) is 127 Å². The number of carbonyl (C=O) groups excluding carboxylic acids is 2. The van der Waals surface area contributed by atoms with Crippen LogP contribution in [0.25, 0.3) is 11.1 Å². The molecule has 0 atom stereocenters. The molecule has 0 saturated carbocycles. The smallest absolute Gasteiger partial charge is 0.328 e. The second-order valence-electron chi connectivity index (χ2n) is 9.53. The number of allylic oxidation sites excluding steroid dienone is 2. The zero-order valence-corrected chi connectivity index (χ0v) is 22.1. The Labute approximate surface area is 237 Å². The highest BCUT2D eigenvalue weighted by Crippen LogP contribution is 2.34. The molecule has 41 heavy (non-hydrogen) atoms. The number of carboxylic acid groups (broad SMARTS) is 2. The van der Waals surface area contributed by atoms with E-state index in [2.05, 4.69) is 36.4 Å². The summed E-state index contributed by atoms with van der Waals surface area (Å²) in [6.45, 7) is 0. The average molecular weight is 545 g/mol. The quantitative estimate of drug-likeness (QED) is 0.166. The van der Waals surface area contributed by atoms with Gasteiger partial charge in [-0.3, -0.25) is 9.59 Å². The summed E-state index contributed by atoms with van der Waals surface area (Å²) >= 11 is 0. The van der Waals surface area contributed by atoms with Gasteiger partial charge in [-0.2, -0.15) is 0 Å². The third kappa shape index (κ3) is 8.31. The molecule has 0 amide bonds. The van der Waals surface area contributed by atoms with E-state index >= 15 is 0 Å². The Hall–Kier alpha value is -5.36. The van der Waals surface area contributed by atoms with Gasteiger partial charge in [0, 0.05) is 30.9 Å². The number of benzene rings is 4. The highest BCUT2D eigenvalue weighted by Gasteiger charge is 2.18. The molecule has 0 saturated heterocycles. The van der Waals surface area contributed by atoms with E-state index in [0.29, 0.717) is 0 Å². The number of ketones is 2. The molecule has 0 aliphatic heterocycles. The van der Waals surface area contributed by atoms with Gasteiger partial charge in [0.1, 0.15) is 0 Å². The van der Waals surface area contributed by atoms with Crippen molar-refractivity contribution in [2.75, 3.05) is 0 Å². The molecular formula is C35H28O6. The predicted molar refractivity (Wildman–Crippen MR) is 157 cm³/mol. The summed E-state index contributed by atoms with van der Waals surface area (Å²) in [6.07, 6.45) is 4.00. The first-order valence-electron chi connectivity index (χ1n) is 13.0. The van der Waals surface area contributed by atoms with Crippen LogP contribution in [0.1, 0.15) is 33.7 Å². The van der Waals surface area contributed by atoms with Crippen LogP contribution in [0, 0.1) is 0 Å². The van der Waals surface area contributed by atoms with Crippen LogP contribution in [-0.4, -0.2) is 33.7 Å². The summed E-state index contributed by atoms with van der Waals surface area (Å²) in [4.78, 5) is 45.6. The molecule has 6 nitrogen and oxygen atoms in total. The van der Waals surface area contributed by atoms with Crippen molar-refractivity contribution < 1.29 is 29.4 Å². The van der Waals surface area contributed by atoms with Gasteiger partial charge in [0.05, 0.1) is 0 Å². The molecule has 0 aliphatic rings. The van der Waals surface area contributed by atoms with Crippen molar-refractivity contribution in [1.29, 1.82) is 0 Å². The van der Waals surface area contributed by atoms with Crippen molar-refractivity contribution in [3.8, 4) is 11.1 Å². The number of rotatable bonds is 12. The molecule has 0 bridgehead atoms. The zero-order chi connectivity index (χ0) is 29.2. The fourth-order valence-corrected chi connectivity index (χ4v) is 4.58. The minimum absolute atomic E-state index is 0.0968. The molecule has 6 heteroatoms. The number of carboxylic acids is 2. The van der Waals surface area contributed by atoms with Gasteiger partial charge in [0.25, 0.3) is 0 Å². The van der Waals surface area contributed by atoms with Crippen molar-refractivity contribution in [2.45, 2.75) is 18.8 Å². The lowest BCUT2D eigenvalue weighted by Gasteiger charge is -2.20. The highest BCUT2D eigenvalue weighted by atomic mass is 16.4. The van der Waals surface area contributed by atoms with E-state index in [0.717, 1.165) is 63.2 Å². The zero-order valence-electron chi connectivity index (χ0n) is 22.1. The van der Waals surface area contributed by atoms with Gasteiger partial charge in [-0.15, -0.1) is 0 Å². The Bertz CT molecular complexity index is 1500. The summed E-state index contributed by atoms with van der Waals surface area (Å²) < 4.78 is 0. The maximum atomic E-state index is 12.1. The SMILES string of the molecule is O=C(O)/C=C/C(=O)Cc1ccc(C(c2ccc(CC(=O)/C=C/C(=O)O)cc2)c2ccc(-c3ccccc3)cc2)cc1.